The summed E-state index contributed by atoms with van der Waals surface area (Å²) >= 11 is 0. The summed E-state index contributed by atoms with van der Waals surface area (Å²) in [4.78, 5) is 0. The summed E-state index contributed by atoms with van der Waals surface area (Å²) in [5.74, 6) is 0. The van der Waals surface area contributed by atoms with Crippen LogP contribution in [0.25, 0.3) is 0 Å². The zero-order valence-corrected chi connectivity index (χ0v) is 8.05. The van der Waals surface area contributed by atoms with E-state index < -0.39 is 0 Å². The summed E-state index contributed by atoms with van der Waals surface area (Å²) in [5, 5.41) is 0. The molecule has 0 aliphatic rings. The second-order valence-electron chi connectivity index (χ2n) is 0. The molecule has 0 bridgehead atoms. The number of rotatable bonds is 0. The van der Waals surface area contributed by atoms with Gasteiger partial charge in [-0.05, 0) is 0 Å². The van der Waals surface area contributed by atoms with Crippen LogP contribution in [-0.4, -0.2) is 21.9 Å². The summed E-state index contributed by atoms with van der Waals surface area (Å²) in [6.45, 7) is 0. The molecule has 0 aliphatic carbocycles. The van der Waals surface area contributed by atoms with Crippen LogP contribution in [-0.2, 0) is 78.9 Å². The molecule has 0 rings (SSSR count). The van der Waals surface area contributed by atoms with E-state index in [-0.39, 0.29) is 101 Å². The third-order valence-electron chi connectivity index (χ3n) is 0. The maximum Gasteiger partial charge on any atom is 2.00 e. The Kier molecular flexibility index (Phi) is 2390. The van der Waals surface area contributed by atoms with Gasteiger partial charge >= 0.3 is 17.1 Å². The fourth-order valence-electron chi connectivity index (χ4n) is 0. The van der Waals surface area contributed by atoms with E-state index in [1.165, 1.54) is 0 Å². The molecule has 8 heteroatoms. The Balaban J connectivity index is 0. The van der Waals surface area contributed by atoms with Crippen molar-refractivity contribution < 1.29 is 101 Å². The van der Waals surface area contributed by atoms with Gasteiger partial charge in [-0.3, -0.25) is 0 Å². The van der Waals surface area contributed by atoms with Crippen LogP contribution in [0.4, 0.5) is 0 Å². The second-order valence-corrected chi connectivity index (χ2v) is 0. The van der Waals surface area contributed by atoms with Crippen LogP contribution >= 0.6 is 0 Å². The summed E-state index contributed by atoms with van der Waals surface area (Å²) in [6, 6.07) is 0. The molecule has 0 aromatic rings. The van der Waals surface area contributed by atoms with Gasteiger partial charge in [-0.25, -0.2) is 0 Å². The number of hydrogen-bond donors (Lipinski definition) is 0. The standard InChI is InChI=1S/2Ag.2Cu.4H2O/h;;;;4*1H2/q;;;+2;;;;. The van der Waals surface area contributed by atoms with Crippen LogP contribution < -0.4 is 0 Å². The first-order valence-electron chi connectivity index (χ1n) is 0. The van der Waals surface area contributed by atoms with Gasteiger partial charge in [0.25, 0.3) is 0 Å². The van der Waals surface area contributed by atoms with Crippen molar-refractivity contribution in [3.63, 3.8) is 0 Å². The Morgan fingerprint density at radius 1 is 0.500 bits per heavy atom. The monoisotopic (exact) mass is 412 g/mol. The zero-order valence-electron chi connectivity index (χ0n) is 3.21. The van der Waals surface area contributed by atoms with Gasteiger partial charge < -0.3 is 21.9 Å². The zero-order chi connectivity index (χ0) is 0. The predicted octanol–water partition coefficient (Wildman–Crippen LogP) is -3.31. The molecule has 0 saturated heterocycles. The van der Waals surface area contributed by atoms with E-state index in [2.05, 4.69) is 0 Å². The summed E-state index contributed by atoms with van der Waals surface area (Å²) < 4.78 is 0. The summed E-state index contributed by atoms with van der Waals surface area (Å²) in [7, 11) is 0. The molecule has 0 atom stereocenters. The van der Waals surface area contributed by atoms with Gasteiger partial charge in [0.1, 0.15) is 0 Å². The topological polar surface area (TPSA) is 126 Å². The van der Waals surface area contributed by atoms with Crippen LogP contribution in [0.15, 0.2) is 0 Å². The smallest absolute Gasteiger partial charge is 0.412 e. The van der Waals surface area contributed by atoms with Crippen molar-refractivity contribution >= 4 is 0 Å². The first-order chi connectivity index (χ1) is 0. The Labute approximate surface area is 99.7 Å². The van der Waals surface area contributed by atoms with E-state index in [1.54, 1.807) is 0 Å². The van der Waals surface area contributed by atoms with Gasteiger partial charge in [0, 0.05) is 61.8 Å². The van der Waals surface area contributed by atoms with Gasteiger partial charge in [0.05, 0.1) is 0 Å². The fourth-order valence-corrected chi connectivity index (χ4v) is 0. The van der Waals surface area contributed by atoms with Crippen molar-refractivity contribution in [2.75, 3.05) is 0 Å². The largest absolute Gasteiger partial charge is 2.00 e. The molecule has 0 heterocycles. The van der Waals surface area contributed by atoms with Gasteiger partial charge in [-0.1, -0.05) is 0 Å². The summed E-state index contributed by atoms with van der Waals surface area (Å²) in [5.41, 5.74) is 0. The van der Waals surface area contributed by atoms with E-state index in [0.717, 1.165) is 0 Å². The molecule has 0 amide bonds. The SMILES string of the molecule is O.O.O.O.[Ag].[Ag].[Cu+2].[Cu]. The average molecular weight is 415 g/mol. The quantitative estimate of drug-likeness (QED) is 0.368. The summed E-state index contributed by atoms with van der Waals surface area (Å²) in [6.07, 6.45) is 0. The van der Waals surface area contributed by atoms with Crippen molar-refractivity contribution in [3.8, 4) is 0 Å². The first kappa shape index (κ1) is 163. The molecule has 0 aromatic carbocycles. The molecular formula is H8Ag2Cu2O4+2. The maximum absolute atomic E-state index is 0. The first-order valence-corrected chi connectivity index (χ1v) is 0. The van der Waals surface area contributed by atoms with E-state index >= 15 is 0 Å². The maximum atomic E-state index is 0. The molecule has 0 spiro atoms. The van der Waals surface area contributed by atoms with Crippen molar-refractivity contribution in [2.24, 2.45) is 0 Å². The van der Waals surface area contributed by atoms with E-state index in [1.807, 2.05) is 0 Å². The Morgan fingerprint density at radius 3 is 0.500 bits per heavy atom. The van der Waals surface area contributed by atoms with Crippen LogP contribution in [0, 0.1) is 0 Å². The Hall–Kier alpha value is 2.36. The Bertz CT molecular complexity index is 12.0. The van der Waals surface area contributed by atoms with Crippen LogP contribution in [0.5, 0.6) is 0 Å². The molecule has 0 fully saturated rings. The van der Waals surface area contributed by atoms with E-state index in [4.69, 9.17) is 0 Å². The van der Waals surface area contributed by atoms with Gasteiger partial charge in [0.2, 0.25) is 0 Å². The molecule has 74 valence electrons. The molecule has 0 saturated carbocycles. The third kappa shape index (κ3) is 81.3. The normalized spacial score (nSPS) is 0. The minimum Gasteiger partial charge on any atom is -0.412 e. The van der Waals surface area contributed by atoms with Crippen molar-refractivity contribution in [2.45, 2.75) is 0 Å². The van der Waals surface area contributed by atoms with E-state index in [0.29, 0.717) is 0 Å². The molecular weight excluding hydrogens is 407 g/mol. The van der Waals surface area contributed by atoms with Crippen LogP contribution in [0.1, 0.15) is 0 Å². The molecule has 8 N–H and O–H groups in total. The molecule has 0 aliphatic heterocycles. The van der Waals surface area contributed by atoms with Crippen molar-refractivity contribution in [1.29, 1.82) is 0 Å². The molecule has 0 unspecified atom stereocenters. The van der Waals surface area contributed by atoms with Crippen molar-refractivity contribution in [3.05, 3.63) is 0 Å². The Morgan fingerprint density at radius 2 is 0.500 bits per heavy atom. The van der Waals surface area contributed by atoms with Crippen LogP contribution in [0.2, 0.25) is 0 Å². The fraction of sp³-hybridized carbons (Fsp3) is 0. The molecule has 8 heavy (non-hydrogen) atoms. The van der Waals surface area contributed by atoms with Crippen molar-refractivity contribution in [1.82, 2.24) is 0 Å². The molecule has 0 aromatic heterocycles. The average Bonchev–Trinajstić information content (AvgIpc) is 0. The van der Waals surface area contributed by atoms with Crippen LogP contribution in [0.3, 0.4) is 0 Å². The number of hydrogen-bond acceptors (Lipinski definition) is 0. The van der Waals surface area contributed by atoms with E-state index in [9.17, 15) is 0 Å². The predicted molar refractivity (Wildman–Crippen MR) is 14.5 cm³/mol. The minimum absolute atomic E-state index is 0. The van der Waals surface area contributed by atoms with Gasteiger partial charge in [-0.15, -0.1) is 0 Å². The second kappa shape index (κ2) is 117. The van der Waals surface area contributed by atoms with Gasteiger partial charge in [0.15, 0.2) is 0 Å². The molecule has 4 radical (unpaired) electrons. The minimum atomic E-state index is 0. The van der Waals surface area contributed by atoms with Gasteiger partial charge in [-0.2, -0.15) is 0 Å². The molecule has 4 nitrogen and oxygen atoms in total. The third-order valence-corrected chi connectivity index (χ3v) is 0.